The molecule has 0 aromatic carbocycles. The summed E-state index contributed by atoms with van der Waals surface area (Å²) in [6.45, 7) is 2.10. The van der Waals surface area contributed by atoms with E-state index in [1.165, 1.54) is 0 Å². The lowest BCUT2D eigenvalue weighted by Crippen LogP contribution is -2.15. The molecule has 0 radical (unpaired) electrons. The van der Waals surface area contributed by atoms with E-state index in [4.69, 9.17) is 5.84 Å². The van der Waals surface area contributed by atoms with Crippen LogP contribution in [0, 0.1) is 0 Å². The van der Waals surface area contributed by atoms with Crippen molar-refractivity contribution in [3.8, 4) is 0 Å². The molecule has 0 aliphatic carbocycles. The highest BCUT2D eigenvalue weighted by molar-refractivity contribution is 7.09. The molecule has 1 atom stereocenters. The highest BCUT2D eigenvalue weighted by Crippen LogP contribution is 2.25. The number of nitrogens with two attached hydrogens (primary N) is 1. The number of thiazole rings is 1. The maximum absolute atomic E-state index is 5.45. The second kappa shape index (κ2) is 5.43. The fraction of sp³-hybridized carbons (Fsp3) is 0.250. The van der Waals surface area contributed by atoms with E-state index in [0.29, 0.717) is 11.6 Å². The molecule has 20 heavy (non-hydrogen) atoms. The van der Waals surface area contributed by atoms with Gasteiger partial charge in [-0.05, 0) is 6.42 Å². The quantitative estimate of drug-likeness (QED) is 0.491. The number of nitrogen functional groups attached to an aromatic ring is 1. The Bertz CT molecular complexity index is 691. The molecular formula is C12H15N7S. The number of nitrogens with zero attached hydrogens (tertiary/aromatic N) is 4. The van der Waals surface area contributed by atoms with Crippen molar-refractivity contribution in [2.45, 2.75) is 19.4 Å². The van der Waals surface area contributed by atoms with Crippen molar-refractivity contribution in [2.24, 2.45) is 5.84 Å². The molecule has 0 fully saturated rings. The summed E-state index contributed by atoms with van der Waals surface area (Å²) in [6, 6.07) is 0.107. The summed E-state index contributed by atoms with van der Waals surface area (Å²) >= 11 is 1.62. The van der Waals surface area contributed by atoms with Crippen LogP contribution in [-0.2, 0) is 0 Å². The minimum Gasteiger partial charge on any atom is -0.358 e. The van der Waals surface area contributed by atoms with Gasteiger partial charge in [-0.15, -0.1) is 11.3 Å². The molecule has 3 aromatic heterocycles. The van der Waals surface area contributed by atoms with Crippen LogP contribution in [-0.4, -0.2) is 19.4 Å². The van der Waals surface area contributed by atoms with Gasteiger partial charge in [-0.2, -0.15) is 0 Å². The minimum absolute atomic E-state index is 0.107. The van der Waals surface area contributed by atoms with Gasteiger partial charge in [-0.25, -0.2) is 20.8 Å². The molecule has 0 aliphatic rings. The zero-order chi connectivity index (χ0) is 13.9. The van der Waals surface area contributed by atoms with Crippen LogP contribution in [0.5, 0.6) is 0 Å². The van der Waals surface area contributed by atoms with Gasteiger partial charge in [0.2, 0.25) is 0 Å². The van der Waals surface area contributed by atoms with Crippen molar-refractivity contribution in [1.82, 2.24) is 19.4 Å². The maximum Gasteiger partial charge on any atom is 0.180 e. The van der Waals surface area contributed by atoms with E-state index in [9.17, 15) is 0 Å². The van der Waals surface area contributed by atoms with Crippen LogP contribution in [0.2, 0.25) is 0 Å². The van der Waals surface area contributed by atoms with Crippen molar-refractivity contribution in [1.29, 1.82) is 0 Å². The van der Waals surface area contributed by atoms with Crippen molar-refractivity contribution < 1.29 is 0 Å². The van der Waals surface area contributed by atoms with Gasteiger partial charge in [0.05, 0.1) is 12.2 Å². The van der Waals surface area contributed by atoms with Crippen LogP contribution in [0.3, 0.4) is 0 Å². The predicted octanol–water partition coefficient (Wildman–Crippen LogP) is 2.03. The molecule has 8 heteroatoms. The first-order chi connectivity index (χ1) is 9.81. The summed E-state index contributed by atoms with van der Waals surface area (Å²) in [5.41, 5.74) is 3.33. The molecule has 4 N–H and O–H groups in total. The number of imidazole rings is 1. The Morgan fingerprint density at radius 1 is 1.40 bits per heavy atom. The Labute approximate surface area is 119 Å². The Morgan fingerprint density at radius 2 is 2.30 bits per heavy atom. The summed E-state index contributed by atoms with van der Waals surface area (Å²) in [5, 5.41) is 6.39. The summed E-state index contributed by atoms with van der Waals surface area (Å²) in [7, 11) is 0. The Balaban J connectivity index is 1.98. The summed E-state index contributed by atoms with van der Waals surface area (Å²) in [6.07, 6.45) is 8.08. The first kappa shape index (κ1) is 12.8. The third-order valence-electron chi connectivity index (χ3n) is 2.99. The maximum atomic E-state index is 5.45. The molecule has 0 spiro atoms. The molecule has 3 aromatic rings. The third-order valence-corrected chi connectivity index (χ3v) is 3.88. The molecule has 0 saturated carbocycles. The molecule has 104 valence electrons. The van der Waals surface area contributed by atoms with Crippen LogP contribution in [0.1, 0.15) is 24.4 Å². The molecule has 3 heterocycles. The second-order valence-electron chi connectivity index (χ2n) is 4.25. The fourth-order valence-electron chi connectivity index (χ4n) is 2.01. The van der Waals surface area contributed by atoms with E-state index >= 15 is 0 Å². The molecule has 7 nitrogen and oxygen atoms in total. The Kier molecular flexibility index (Phi) is 3.48. The van der Waals surface area contributed by atoms with Gasteiger partial charge >= 0.3 is 0 Å². The molecule has 0 saturated heterocycles. The summed E-state index contributed by atoms with van der Waals surface area (Å²) < 4.78 is 1.87. The Hall–Kier alpha value is -2.19. The number of fused-ring (bicyclic) bond motifs is 1. The highest BCUT2D eigenvalue weighted by Gasteiger charge is 2.15. The monoisotopic (exact) mass is 289 g/mol. The molecule has 0 amide bonds. The fourth-order valence-corrected chi connectivity index (χ4v) is 2.78. The lowest BCUT2D eigenvalue weighted by atomic mass is 10.2. The topological polar surface area (TPSA) is 93.2 Å². The van der Waals surface area contributed by atoms with Crippen LogP contribution in [0.15, 0.2) is 30.2 Å². The van der Waals surface area contributed by atoms with Crippen molar-refractivity contribution >= 4 is 28.6 Å². The van der Waals surface area contributed by atoms with Crippen LogP contribution in [0.4, 0.5) is 11.6 Å². The van der Waals surface area contributed by atoms with Gasteiger partial charge in [-0.3, -0.25) is 0 Å². The van der Waals surface area contributed by atoms with E-state index in [2.05, 4.69) is 32.6 Å². The van der Waals surface area contributed by atoms with Gasteiger partial charge in [0.15, 0.2) is 17.3 Å². The average molecular weight is 289 g/mol. The van der Waals surface area contributed by atoms with E-state index in [0.717, 1.165) is 17.1 Å². The van der Waals surface area contributed by atoms with Gasteiger partial charge in [0.1, 0.15) is 5.01 Å². The van der Waals surface area contributed by atoms with Crippen LogP contribution < -0.4 is 16.6 Å². The summed E-state index contributed by atoms with van der Waals surface area (Å²) in [4.78, 5) is 13.1. The zero-order valence-corrected chi connectivity index (χ0v) is 11.8. The lowest BCUT2D eigenvalue weighted by Gasteiger charge is -2.16. The second-order valence-corrected chi connectivity index (χ2v) is 5.18. The van der Waals surface area contributed by atoms with Gasteiger partial charge in [-0.1, -0.05) is 6.92 Å². The number of aromatic nitrogens is 4. The van der Waals surface area contributed by atoms with E-state index in [-0.39, 0.29) is 6.04 Å². The van der Waals surface area contributed by atoms with Crippen LogP contribution in [0.25, 0.3) is 5.65 Å². The molecule has 1 unspecified atom stereocenters. The lowest BCUT2D eigenvalue weighted by molar-refractivity contribution is 0.737. The molecule has 0 aliphatic heterocycles. The smallest absolute Gasteiger partial charge is 0.180 e. The molecule has 3 rings (SSSR count). The van der Waals surface area contributed by atoms with Gasteiger partial charge in [0.25, 0.3) is 0 Å². The van der Waals surface area contributed by atoms with E-state index in [1.807, 2.05) is 16.0 Å². The van der Waals surface area contributed by atoms with E-state index in [1.54, 1.807) is 29.9 Å². The average Bonchev–Trinajstić information content (AvgIpc) is 3.14. The number of hydrogen-bond acceptors (Lipinski definition) is 7. The third kappa shape index (κ3) is 2.30. The summed E-state index contributed by atoms with van der Waals surface area (Å²) in [5.74, 6) is 6.72. The van der Waals surface area contributed by atoms with Crippen molar-refractivity contribution in [3.05, 3.63) is 35.2 Å². The standard InChI is InChI=1S/C12H15N7S/c1-2-8(12-15-4-6-20-12)16-10-11-14-3-5-19(11)7-9(17-10)18-13/h3-8,18H,2,13H2,1H3,(H,16,17). The normalized spacial score (nSPS) is 12.5. The highest BCUT2D eigenvalue weighted by atomic mass is 32.1. The SMILES string of the molecule is CCC(Nc1nc(NN)cn2ccnc12)c1nccs1. The molecular weight excluding hydrogens is 274 g/mol. The number of hydrogen-bond donors (Lipinski definition) is 3. The van der Waals surface area contributed by atoms with E-state index < -0.39 is 0 Å². The first-order valence-corrected chi connectivity index (χ1v) is 7.16. The number of rotatable bonds is 5. The first-order valence-electron chi connectivity index (χ1n) is 6.28. The minimum atomic E-state index is 0.107. The van der Waals surface area contributed by atoms with Crippen molar-refractivity contribution in [2.75, 3.05) is 10.7 Å². The van der Waals surface area contributed by atoms with Gasteiger partial charge in [0, 0.05) is 24.0 Å². The van der Waals surface area contributed by atoms with Crippen LogP contribution >= 0.6 is 11.3 Å². The number of nitrogens with one attached hydrogen (secondary N) is 2. The Morgan fingerprint density at radius 3 is 3.00 bits per heavy atom. The van der Waals surface area contributed by atoms with Gasteiger partial charge < -0.3 is 15.1 Å². The van der Waals surface area contributed by atoms with Crippen molar-refractivity contribution in [3.63, 3.8) is 0 Å². The number of anilines is 2. The predicted molar refractivity (Wildman–Crippen MR) is 79.6 cm³/mol. The number of hydrazine groups is 1. The zero-order valence-electron chi connectivity index (χ0n) is 10.9. The largest absolute Gasteiger partial charge is 0.358 e. The molecule has 0 bridgehead atoms.